The maximum Gasteiger partial charge on any atom is 0.240 e. The van der Waals surface area contributed by atoms with Crippen molar-refractivity contribution in [3.63, 3.8) is 0 Å². The number of nitrogens with one attached hydrogen (secondary N) is 1. The van der Waals surface area contributed by atoms with E-state index in [0.717, 1.165) is 18.7 Å². The smallest absolute Gasteiger partial charge is 0.240 e. The summed E-state index contributed by atoms with van der Waals surface area (Å²) in [6, 6.07) is 7.25. The topological polar surface area (TPSA) is 49.4 Å². The van der Waals surface area contributed by atoms with Crippen LogP contribution in [0.3, 0.4) is 0 Å². The van der Waals surface area contributed by atoms with E-state index in [1.165, 1.54) is 13.0 Å². The lowest BCUT2D eigenvalue weighted by Gasteiger charge is -2.34. The lowest BCUT2D eigenvalue weighted by atomic mass is 9.95. The van der Waals surface area contributed by atoms with Crippen LogP contribution in [0.5, 0.6) is 0 Å². The minimum atomic E-state index is -3.38. The zero-order valence-electron chi connectivity index (χ0n) is 11.6. The van der Waals surface area contributed by atoms with Gasteiger partial charge in [0.2, 0.25) is 10.0 Å². The fourth-order valence-electron chi connectivity index (χ4n) is 4.35. The van der Waals surface area contributed by atoms with Crippen molar-refractivity contribution < 1.29 is 8.42 Å². The number of nitrogens with zero attached hydrogens (tertiary/aromatic N) is 1. The molecule has 1 saturated carbocycles. The molecule has 1 aromatic carbocycles. The molecule has 5 heteroatoms. The fraction of sp³-hybridized carbons (Fsp3) is 0.600. The van der Waals surface area contributed by atoms with Gasteiger partial charge >= 0.3 is 0 Å². The van der Waals surface area contributed by atoms with Crippen LogP contribution in [0.2, 0.25) is 0 Å². The molecule has 1 aromatic rings. The Morgan fingerprint density at radius 1 is 1.10 bits per heavy atom. The van der Waals surface area contributed by atoms with E-state index in [1.54, 1.807) is 12.1 Å². The summed E-state index contributed by atoms with van der Waals surface area (Å²) in [6.45, 7) is 5.27. The summed E-state index contributed by atoms with van der Waals surface area (Å²) >= 11 is 0. The van der Waals surface area contributed by atoms with E-state index in [1.807, 2.05) is 19.1 Å². The first kappa shape index (κ1) is 12.8. The van der Waals surface area contributed by atoms with Gasteiger partial charge in [0.05, 0.1) is 4.90 Å². The van der Waals surface area contributed by atoms with Gasteiger partial charge in [0.1, 0.15) is 0 Å². The molecule has 3 aliphatic heterocycles. The van der Waals surface area contributed by atoms with Gasteiger partial charge < -0.3 is 4.90 Å². The van der Waals surface area contributed by atoms with Crippen LogP contribution in [-0.4, -0.2) is 39.0 Å². The molecular formula is C15H20N2O2S. The molecule has 20 heavy (non-hydrogen) atoms. The number of hydrogen-bond acceptors (Lipinski definition) is 3. The third-order valence-corrected chi connectivity index (χ3v) is 6.73. The number of sulfonamides is 1. The quantitative estimate of drug-likeness (QED) is 0.911. The first-order valence-electron chi connectivity index (χ1n) is 7.34. The maximum atomic E-state index is 12.5. The molecule has 4 aliphatic rings. The summed E-state index contributed by atoms with van der Waals surface area (Å²) in [5.74, 6) is 1.74. The third-order valence-electron chi connectivity index (χ3n) is 5.26. The highest BCUT2D eigenvalue weighted by molar-refractivity contribution is 7.89. The van der Waals surface area contributed by atoms with Gasteiger partial charge in [0, 0.05) is 25.7 Å². The van der Waals surface area contributed by atoms with Crippen LogP contribution < -0.4 is 4.72 Å². The van der Waals surface area contributed by atoms with E-state index in [2.05, 4.69) is 9.62 Å². The van der Waals surface area contributed by atoms with Crippen molar-refractivity contribution in [3.8, 4) is 0 Å². The number of hydrogen-bond donors (Lipinski definition) is 1. The Morgan fingerprint density at radius 3 is 2.50 bits per heavy atom. The monoisotopic (exact) mass is 292 g/mol. The van der Waals surface area contributed by atoms with Crippen molar-refractivity contribution in [1.82, 2.24) is 9.62 Å². The molecule has 5 atom stereocenters. The zero-order valence-corrected chi connectivity index (χ0v) is 12.4. The van der Waals surface area contributed by atoms with Crippen molar-refractivity contribution in [2.24, 2.45) is 17.8 Å². The molecular weight excluding hydrogens is 272 g/mol. The molecule has 1 aliphatic carbocycles. The van der Waals surface area contributed by atoms with E-state index in [4.69, 9.17) is 0 Å². The molecule has 3 heterocycles. The second-order valence-electron chi connectivity index (χ2n) is 6.60. The second kappa shape index (κ2) is 4.29. The summed E-state index contributed by atoms with van der Waals surface area (Å²) < 4.78 is 28.0. The van der Waals surface area contributed by atoms with Gasteiger partial charge in [-0.3, -0.25) is 0 Å². The Bertz CT molecular complexity index is 622. The van der Waals surface area contributed by atoms with E-state index in [0.29, 0.717) is 22.6 Å². The molecule has 5 rings (SSSR count). The van der Waals surface area contributed by atoms with Gasteiger partial charge in [-0.15, -0.1) is 0 Å². The molecule has 1 N–H and O–H groups in total. The van der Waals surface area contributed by atoms with Crippen molar-refractivity contribution in [1.29, 1.82) is 0 Å². The van der Waals surface area contributed by atoms with Crippen LogP contribution in [0.1, 0.15) is 12.0 Å². The third kappa shape index (κ3) is 1.91. The first-order chi connectivity index (χ1) is 9.53. The number of rotatable bonds is 3. The van der Waals surface area contributed by atoms with E-state index < -0.39 is 10.0 Å². The van der Waals surface area contributed by atoms with Gasteiger partial charge in [-0.1, -0.05) is 17.7 Å². The standard InChI is InChI=1S/C15H20N2O2S/c1-10-2-4-13(5-3-10)20(18,19)16-15-12-6-11-7-17(8-12)9-14(11)15/h2-5,11-12,14-16H,6-9H2,1H3. The molecule has 4 fully saturated rings. The molecule has 3 saturated heterocycles. The Labute approximate surface area is 120 Å². The first-order valence-corrected chi connectivity index (χ1v) is 8.82. The number of piperidine rings is 2. The average molecular weight is 292 g/mol. The predicted molar refractivity (Wildman–Crippen MR) is 76.8 cm³/mol. The molecule has 0 aromatic heterocycles. The molecule has 4 nitrogen and oxygen atoms in total. The largest absolute Gasteiger partial charge is 0.302 e. The summed E-state index contributed by atoms with van der Waals surface area (Å²) in [6.07, 6.45) is 1.20. The fourth-order valence-corrected chi connectivity index (χ4v) is 5.70. The SMILES string of the molecule is Cc1ccc(S(=O)(=O)NC2C3CC4CN(C3)CC42)cc1. The van der Waals surface area contributed by atoms with Crippen LogP contribution in [0.15, 0.2) is 29.2 Å². The van der Waals surface area contributed by atoms with Crippen LogP contribution in [0.25, 0.3) is 0 Å². The average Bonchev–Trinajstić information content (AvgIpc) is 2.81. The van der Waals surface area contributed by atoms with Crippen molar-refractivity contribution in [3.05, 3.63) is 29.8 Å². The van der Waals surface area contributed by atoms with Crippen LogP contribution in [-0.2, 0) is 10.0 Å². The zero-order chi connectivity index (χ0) is 13.9. The molecule has 0 radical (unpaired) electrons. The van der Waals surface area contributed by atoms with E-state index in [-0.39, 0.29) is 6.04 Å². The molecule has 0 spiro atoms. The minimum Gasteiger partial charge on any atom is -0.302 e. The molecule has 108 valence electrons. The second-order valence-corrected chi connectivity index (χ2v) is 8.31. The van der Waals surface area contributed by atoms with Gasteiger partial charge in [-0.05, 0) is 43.2 Å². The summed E-state index contributed by atoms with van der Waals surface area (Å²) in [5.41, 5.74) is 1.08. The lowest BCUT2D eigenvalue weighted by Crippen LogP contribution is -2.49. The number of aryl methyl sites for hydroxylation is 1. The van der Waals surface area contributed by atoms with E-state index >= 15 is 0 Å². The Balaban J connectivity index is 1.58. The van der Waals surface area contributed by atoms with Gasteiger partial charge in [0.15, 0.2) is 0 Å². The van der Waals surface area contributed by atoms with Gasteiger partial charge in [0.25, 0.3) is 0 Å². The summed E-state index contributed by atoms with van der Waals surface area (Å²) in [5, 5.41) is 0. The number of benzene rings is 1. The Morgan fingerprint density at radius 2 is 1.80 bits per heavy atom. The van der Waals surface area contributed by atoms with Crippen LogP contribution >= 0.6 is 0 Å². The summed E-state index contributed by atoms with van der Waals surface area (Å²) in [7, 11) is -3.38. The highest BCUT2D eigenvalue weighted by Crippen LogP contribution is 2.47. The van der Waals surface area contributed by atoms with Crippen LogP contribution in [0, 0.1) is 24.7 Å². The van der Waals surface area contributed by atoms with E-state index in [9.17, 15) is 8.42 Å². The summed E-state index contributed by atoms with van der Waals surface area (Å²) in [4.78, 5) is 2.88. The molecule has 0 amide bonds. The van der Waals surface area contributed by atoms with Gasteiger partial charge in [-0.2, -0.15) is 0 Å². The Hall–Kier alpha value is -0.910. The highest BCUT2D eigenvalue weighted by Gasteiger charge is 2.53. The maximum absolute atomic E-state index is 12.5. The van der Waals surface area contributed by atoms with Crippen LogP contribution in [0.4, 0.5) is 0 Å². The van der Waals surface area contributed by atoms with Crippen molar-refractivity contribution >= 4 is 10.0 Å². The Kier molecular flexibility index (Phi) is 2.75. The predicted octanol–water partition coefficient (Wildman–Crippen LogP) is 1.22. The van der Waals surface area contributed by atoms with Gasteiger partial charge in [-0.25, -0.2) is 13.1 Å². The van der Waals surface area contributed by atoms with Crippen molar-refractivity contribution in [2.45, 2.75) is 24.3 Å². The van der Waals surface area contributed by atoms with Crippen molar-refractivity contribution in [2.75, 3.05) is 19.6 Å². The normalized spacial score (nSPS) is 38.5. The minimum absolute atomic E-state index is 0.144. The highest BCUT2D eigenvalue weighted by atomic mass is 32.2. The molecule has 5 unspecified atom stereocenters. The molecule has 4 bridgehead atoms. The lowest BCUT2D eigenvalue weighted by molar-refractivity contribution is 0.173.